The van der Waals surface area contributed by atoms with Crippen LogP contribution < -0.4 is 5.32 Å². The SMILES string of the molecule is COCCNC(C)C(C)CC1CCCO1. The molecular weight excluding hydrogens is 190 g/mol. The van der Waals surface area contributed by atoms with E-state index in [4.69, 9.17) is 9.47 Å². The Morgan fingerprint density at radius 3 is 2.87 bits per heavy atom. The van der Waals surface area contributed by atoms with E-state index in [0.717, 1.165) is 19.8 Å². The molecule has 3 heteroatoms. The van der Waals surface area contributed by atoms with Crippen LogP contribution in [0.3, 0.4) is 0 Å². The molecule has 0 aromatic rings. The normalized spacial score (nSPS) is 25.4. The number of nitrogens with one attached hydrogen (secondary N) is 1. The average Bonchev–Trinajstić information content (AvgIpc) is 2.70. The van der Waals surface area contributed by atoms with Crippen LogP contribution in [0, 0.1) is 5.92 Å². The van der Waals surface area contributed by atoms with Gasteiger partial charge >= 0.3 is 0 Å². The maximum Gasteiger partial charge on any atom is 0.0587 e. The minimum absolute atomic E-state index is 0.506. The monoisotopic (exact) mass is 215 g/mol. The zero-order valence-corrected chi connectivity index (χ0v) is 10.3. The van der Waals surface area contributed by atoms with Gasteiger partial charge in [0.25, 0.3) is 0 Å². The molecule has 0 aromatic heterocycles. The van der Waals surface area contributed by atoms with E-state index in [1.165, 1.54) is 19.3 Å². The third-order valence-electron chi connectivity index (χ3n) is 3.28. The van der Waals surface area contributed by atoms with Crippen molar-refractivity contribution in [1.82, 2.24) is 5.32 Å². The quantitative estimate of drug-likeness (QED) is 0.657. The lowest BCUT2D eigenvalue weighted by Gasteiger charge is -2.23. The number of hydrogen-bond acceptors (Lipinski definition) is 3. The van der Waals surface area contributed by atoms with Crippen molar-refractivity contribution in [3.8, 4) is 0 Å². The highest BCUT2D eigenvalue weighted by Gasteiger charge is 2.21. The summed E-state index contributed by atoms with van der Waals surface area (Å²) in [6.45, 7) is 7.23. The van der Waals surface area contributed by atoms with E-state index in [1.54, 1.807) is 7.11 Å². The molecule has 0 aromatic carbocycles. The fourth-order valence-corrected chi connectivity index (χ4v) is 2.04. The second-order valence-corrected chi connectivity index (χ2v) is 4.58. The molecule has 0 radical (unpaired) electrons. The van der Waals surface area contributed by atoms with Crippen molar-refractivity contribution in [2.75, 3.05) is 26.9 Å². The van der Waals surface area contributed by atoms with E-state index < -0.39 is 0 Å². The van der Waals surface area contributed by atoms with Crippen molar-refractivity contribution in [3.05, 3.63) is 0 Å². The molecule has 1 heterocycles. The van der Waals surface area contributed by atoms with Gasteiger partial charge in [0.2, 0.25) is 0 Å². The lowest BCUT2D eigenvalue weighted by Crippen LogP contribution is -2.35. The summed E-state index contributed by atoms with van der Waals surface area (Å²) < 4.78 is 10.7. The molecule has 1 rings (SSSR count). The first-order valence-electron chi connectivity index (χ1n) is 6.08. The molecule has 0 spiro atoms. The lowest BCUT2D eigenvalue weighted by molar-refractivity contribution is 0.0861. The zero-order valence-electron chi connectivity index (χ0n) is 10.3. The third-order valence-corrected chi connectivity index (χ3v) is 3.28. The molecule has 0 bridgehead atoms. The van der Waals surface area contributed by atoms with Gasteiger partial charge in [-0.05, 0) is 32.1 Å². The Morgan fingerprint density at radius 2 is 2.27 bits per heavy atom. The fraction of sp³-hybridized carbons (Fsp3) is 1.00. The summed E-state index contributed by atoms with van der Waals surface area (Å²) in [5, 5.41) is 3.48. The van der Waals surface area contributed by atoms with Crippen LogP contribution in [0.4, 0.5) is 0 Å². The van der Waals surface area contributed by atoms with Crippen LogP contribution in [-0.2, 0) is 9.47 Å². The summed E-state index contributed by atoms with van der Waals surface area (Å²) >= 11 is 0. The van der Waals surface area contributed by atoms with E-state index in [1.807, 2.05) is 0 Å². The van der Waals surface area contributed by atoms with Crippen molar-refractivity contribution in [2.24, 2.45) is 5.92 Å². The Bertz CT molecular complexity index is 158. The molecule has 0 saturated carbocycles. The molecule has 1 aliphatic heterocycles. The van der Waals surface area contributed by atoms with E-state index in [-0.39, 0.29) is 0 Å². The highest BCUT2D eigenvalue weighted by molar-refractivity contribution is 4.74. The average molecular weight is 215 g/mol. The van der Waals surface area contributed by atoms with Crippen LogP contribution in [0.2, 0.25) is 0 Å². The standard InChI is InChI=1S/C12H25NO2/c1-10(9-12-5-4-7-15-12)11(2)13-6-8-14-3/h10-13H,4-9H2,1-3H3. The molecule has 1 aliphatic rings. The first kappa shape index (κ1) is 12.9. The maximum absolute atomic E-state index is 5.65. The molecule has 15 heavy (non-hydrogen) atoms. The number of rotatable bonds is 7. The van der Waals surface area contributed by atoms with Gasteiger partial charge in [-0.2, -0.15) is 0 Å². The molecule has 1 fully saturated rings. The van der Waals surface area contributed by atoms with Crippen LogP contribution >= 0.6 is 0 Å². The molecule has 1 N–H and O–H groups in total. The number of hydrogen-bond donors (Lipinski definition) is 1. The highest BCUT2D eigenvalue weighted by atomic mass is 16.5. The van der Waals surface area contributed by atoms with Gasteiger partial charge in [0.15, 0.2) is 0 Å². The van der Waals surface area contributed by atoms with Crippen LogP contribution in [-0.4, -0.2) is 39.0 Å². The minimum Gasteiger partial charge on any atom is -0.383 e. The Morgan fingerprint density at radius 1 is 1.47 bits per heavy atom. The predicted octanol–water partition coefficient (Wildman–Crippen LogP) is 1.82. The van der Waals surface area contributed by atoms with E-state index >= 15 is 0 Å². The lowest BCUT2D eigenvalue weighted by atomic mass is 9.95. The first-order chi connectivity index (χ1) is 7.24. The van der Waals surface area contributed by atoms with Crippen molar-refractivity contribution in [3.63, 3.8) is 0 Å². The topological polar surface area (TPSA) is 30.5 Å². The van der Waals surface area contributed by atoms with E-state index in [2.05, 4.69) is 19.2 Å². The second kappa shape index (κ2) is 7.20. The molecule has 0 amide bonds. The van der Waals surface area contributed by atoms with Gasteiger partial charge in [-0.3, -0.25) is 0 Å². The zero-order chi connectivity index (χ0) is 11.1. The summed E-state index contributed by atoms with van der Waals surface area (Å²) in [7, 11) is 1.74. The van der Waals surface area contributed by atoms with Crippen molar-refractivity contribution >= 4 is 0 Å². The van der Waals surface area contributed by atoms with Gasteiger partial charge in [-0.15, -0.1) is 0 Å². The van der Waals surface area contributed by atoms with Crippen LogP contribution in [0.25, 0.3) is 0 Å². The summed E-state index contributed by atoms with van der Waals surface area (Å²) in [5.74, 6) is 0.671. The Kier molecular flexibility index (Phi) is 6.22. The van der Waals surface area contributed by atoms with Gasteiger partial charge in [0.1, 0.15) is 0 Å². The fourth-order valence-electron chi connectivity index (χ4n) is 2.04. The summed E-state index contributed by atoms with van der Waals surface area (Å²) in [6.07, 6.45) is 4.17. The molecule has 0 aliphatic carbocycles. The molecule has 3 atom stereocenters. The Hall–Kier alpha value is -0.120. The van der Waals surface area contributed by atoms with Gasteiger partial charge in [0.05, 0.1) is 12.7 Å². The smallest absolute Gasteiger partial charge is 0.0587 e. The third kappa shape index (κ3) is 4.96. The summed E-state index contributed by atoms with van der Waals surface area (Å²) in [5.41, 5.74) is 0. The van der Waals surface area contributed by atoms with E-state index in [0.29, 0.717) is 18.1 Å². The Balaban J connectivity index is 2.11. The molecule has 3 nitrogen and oxygen atoms in total. The second-order valence-electron chi connectivity index (χ2n) is 4.58. The summed E-state index contributed by atoms with van der Waals surface area (Å²) in [6, 6.07) is 0.546. The van der Waals surface area contributed by atoms with Gasteiger partial charge in [-0.1, -0.05) is 6.92 Å². The van der Waals surface area contributed by atoms with Crippen LogP contribution in [0.15, 0.2) is 0 Å². The first-order valence-corrected chi connectivity index (χ1v) is 6.08. The molecule has 90 valence electrons. The van der Waals surface area contributed by atoms with Crippen molar-refractivity contribution in [2.45, 2.75) is 45.3 Å². The summed E-state index contributed by atoms with van der Waals surface area (Å²) in [4.78, 5) is 0. The Labute approximate surface area is 93.5 Å². The minimum atomic E-state index is 0.506. The predicted molar refractivity (Wildman–Crippen MR) is 62.1 cm³/mol. The highest BCUT2D eigenvalue weighted by Crippen LogP contribution is 2.21. The van der Waals surface area contributed by atoms with Gasteiger partial charge in [-0.25, -0.2) is 0 Å². The maximum atomic E-state index is 5.65. The van der Waals surface area contributed by atoms with Gasteiger partial charge < -0.3 is 14.8 Å². The number of methoxy groups -OCH3 is 1. The van der Waals surface area contributed by atoms with E-state index in [9.17, 15) is 0 Å². The molecule has 3 unspecified atom stereocenters. The largest absolute Gasteiger partial charge is 0.383 e. The van der Waals surface area contributed by atoms with Crippen molar-refractivity contribution < 1.29 is 9.47 Å². The van der Waals surface area contributed by atoms with Crippen molar-refractivity contribution in [1.29, 1.82) is 0 Å². The molecule has 1 saturated heterocycles. The number of ether oxygens (including phenoxy) is 2. The van der Waals surface area contributed by atoms with Gasteiger partial charge in [0, 0.05) is 26.3 Å². The molecular formula is C12H25NO2. The van der Waals surface area contributed by atoms with Crippen LogP contribution in [0.5, 0.6) is 0 Å². The van der Waals surface area contributed by atoms with Crippen LogP contribution in [0.1, 0.15) is 33.1 Å².